The normalized spacial score (nSPS) is 52.7. The molecule has 3 saturated carbocycles. The van der Waals surface area contributed by atoms with Gasteiger partial charge in [-0.15, -0.1) is 0 Å². The quantitative estimate of drug-likeness (QED) is 0.734. The Morgan fingerprint density at radius 2 is 1.95 bits per heavy atom. The van der Waals surface area contributed by atoms with Crippen LogP contribution in [0.4, 0.5) is 0 Å². The maximum atomic E-state index is 11.8. The van der Waals surface area contributed by atoms with Crippen molar-refractivity contribution in [3.05, 3.63) is 11.6 Å². The van der Waals surface area contributed by atoms with Crippen molar-refractivity contribution in [3.8, 4) is 0 Å². The van der Waals surface area contributed by atoms with Crippen LogP contribution in [0.1, 0.15) is 65.2 Å². The number of aliphatic hydroxyl groups excluding tert-OH is 1. The van der Waals surface area contributed by atoms with Crippen LogP contribution in [0.2, 0.25) is 0 Å². The molecule has 0 saturated heterocycles. The third-order valence-corrected chi connectivity index (χ3v) is 7.77. The number of hydrogen-bond donors (Lipinski definition) is 1. The molecule has 116 valence electrons. The Hall–Kier alpha value is -0.630. The van der Waals surface area contributed by atoms with Crippen LogP contribution in [-0.4, -0.2) is 17.0 Å². The summed E-state index contributed by atoms with van der Waals surface area (Å²) < 4.78 is 0. The van der Waals surface area contributed by atoms with E-state index in [-0.39, 0.29) is 17.3 Å². The number of hydrogen-bond acceptors (Lipinski definition) is 2. The highest BCUT2D eigenvalue weighted by Gasteiger charge is 2.58. The van der Waals surface area contributed by atoms with Crippen LogP contribution in [0.15, 0.2) is 11.6 Å². The van der Waals surface area contributed by atoms with Crippen LogP contribution in [0.5, 0.6) is 0 Å². The molecule has 0 heterocycles. The molecule has 4 rings (SSSR count). The first-order chi connectivity index (χ1) is 9.94. The van der Waals surface area contributed by atoms with Gasteiger partial charge in [-0.2, -0.15) is 0 Å². The average Bonchev–Trinajstić information content (AvgIpc) is 2.82. The van der Waals surface area contributed by atoms with Crippen molar-refractivity contribution in [3.63, 3.8) is 0 Å². The first-order valence-corrected chi connectivity index (χ1v) is 8.86. The maximum Gasteiger partial charge on any atom is 0.155 e. The fourth-order valence-corrected chi connectivity index (χ4v) is 6.52. The zero-order valence-corrected chi connectivity index (χ0v) is 13.4. The molecule has 0 spiro atoms. The van der Waals surface area contributed by atoms with E-state index < -0.39 is 0 Å². The first kappa shape index (κ1) is 14.0. The monoisotopic (exact) mass is 288 g/mol. The molecule has 4 aliphatic carbocycles. The van der Waals surface area contributed by atoms with Gasteiger partial charge >= 0.3 is 0 Å². The number of rotatable bonds is 0. The standard InChI is InChI=1S/C19H28O2/c1-18-7-3-4-14(18)17-15(6-8-18)19(2)9-5-13(20)10-12(19)11-16(17)21/h10,14-17,21H,3-9,11H2,1-2H3. The SMILES string of the molecule is CC12CCCC1C1C(O)CC3=CC(=O)CCC3(C)C1CC2. The van der Waals surface area contributed by atoms with Gasteiger partial charge in [-0.25, -0.2) is 0 Å². The topological polar surface area (TPSA) is 37.3 Å². The minimum Gasteiger partial charge on any atom is -0.392 e. The van der Waals surface area contributed by atoms with Gasteiger partial charge in [0.25, 0.3) is 0 Å². The fourth-order valence-electron chi connectivity index (χ4n) is 6.52. The Labute approximate surface area is 128 Å². The molecule has 0 bridgehead atoms. The summed E-state index contributed by atoms with van der Waals surface area (Å²) in [6.07, 6.45) is 10.7. The number of ketones is 1. The van der Waals surface area contributed by atoms with E-state index in [1.165, 1.54) is 37.7 Å². The van der Waals surface area contributed by atoms with Crippen molar-refractivity contribution in [1.82, 2.24) is 0 Å². The molecule has 1 N–H and O–H groups in total. The predicted octanol–water partition coefficient (Wildman–Crippen LogP) is 3.88. The van der Waals surface area contributed by atoms with Crippen LogP contribution < -0.4 is 0 Å². The Kier molecular flexibility index (Phi) is 2.96. The van der Waals surface area contributed by atoms with E-state index in [4.69, 9.17) is 0 Å². The third kappa shape index (κ3) is 1.84. The second kappa shape index (κ2) is 4.44. The van der Waals surface area contributed by atoms with Crippen LogP contribution in [0.3, 0.4) is 0 Å². The molecule has 0 aromatic heterocycles. The Balaban J connectivity index is 1.74. The van der Waals surface area contributed by atoms with Gasteiger partial charge in [0.1, 0.15) is 0 Å². The lowest BCUT2D eigenvalue weighted by molar-refractivity contribution is -0.121. The average molecular weight is 288 g/mol. The van der Waals surface area contributed by atoms with Gasteiger partial charge in [0.05, 0.1) is 6.10 Å². The fraction of sp³-hybridized carbons (Fsp3) is 0.842. The lowest BCUT2D eigenvalue weighted by atomic mass is 9.47. The summed E-state index contributed by atoms with van der Waals surface area (Å²) in [6.45, 7) is 4.85. The highest BCUT2D eigenvalue weighted by atomic mass is 16.3. The molecule has 6 atom stereocenters. The van der Waals surface area contributed by atoms with Gasteiger partial charge in [-0.3, -0.25) is 4.79 Å². The maximum absolute atomic E-state index is 11.8. The molecule has 2 heteroatoms. The van der Waals surface area contributed by atoms with Crippen LogP contribution in [0.25, 0.3) is 0 Å². The Bertz CT molecular complexity index is 508. The molecular formula is C19H28O2. The van der Waals surface area contributed by atoms with Gasteiger partial charge < -0.3 is 5.11 Å². The number of carbonyl (C=O) groups excluding carboxylic acids is 1. The molecular weight excluding hydrogens is 260 g/mol. The molecule has 0 aromatic carbocycles. The van der Waals surface area contributed by atoms with Gasteiger partial charge in [-0.1, -0.05) is 25.8 Å². The second-order valence-electron chi connectivity index (χ2n) is 8.70. The van der Waals surface area contributed by atoms with Crippen molar-refractivity contribution < 1.29 is 9.90 Å². The van der Waals surface area contributed by atoms with Crippen molar-refractivity contribution in [2.45, 2.75) is 71.3 Å². The molecule has 0 radical (unpaired) electrons. The lowest BCUT2D eigenvalue weighted by Crippen LogP contribution is -2.54. The molecule has 0 aromatic rings. The van der Waals surface area contributed by atoms with Gasteiger partial charge in [0.15, 0.2) is 5.78 Å². The van der Waals surface area contributed by atoms with E-state index in [2.05, 4.69) is 13.8 Å². The van der Waals surface area contributed by atoms with Crippen molar-refractivity contribution >= 4 is 5.78 Å². The number of aliphatic hydroxyl groups is 1. The largest absolute Gasteiger partial charge is 0.392 e. The molecule has 2 nitrogen and oxygen atoms in total. The Morgan fingerprint density at radius 1 is 1.14 bits per heavy atom. The molecule has 0 aliphatic heterocycles. The molecule has 4 aliphatic rings. The summed E-state index contributed by atoms with van der Waals surface area (Å²) in [7, 11) is 0. The van der Waals surface area contributed by atoms with Crippen LogP contribution >= 0.6 is 0 Å². The van der Waals surface area contributed by atoms with Crippen molar-refractivity contribution in [1.29, 1.82) is 0 Å². The molecule has 6 unspecified atom stereocenters. The summed E-state index contributed by atoms with van der Waals surface area (Å²) in [5.74, 6) is 2.05. The highest BCUT2D eigenvalue weighted by Crippen LogP contribution is 2.65. The van der Waals surface area contributed by atoms with E-state index in [0.717, 1.165) is 12.8 Å². The van der Waals surface area contributed by atoms with Crippen LogP contribution in [0, 0.1) is 28.6 Å². The highest BCUT2D eigenvalue weighted by molar-refractivity contribution is 5.91. The summed E-state index contributed by atoms with van der Waals surface area (Å²) in [4.78, 5) is 11.8. The summed E-state index contributed by atoms with van der Waals surface area (Å²) in [5, 5.41) is 10.9. The zero-order chi connectivity index (χ0) is 14.8. The van der Waals surface area contributed by atoms with Crippen molar-refractivity contribution in [2.75, 3.05) is 0 Å². The van der Waals surface area contributed by atoms with E-state index in [9.17, 15) is 9.90 Å². The molecule has 3 fully saturated rings. The summed E-state index contributed by atoms with van der Waals surface area (Å²) in [6, 6.07) is 0. The van der Waals surface area contributed by atoms with E-state index in [1.807, 2.05) is 6.08 Å². The summed E-state index contributed by atoms with van der Waals surface area (Å²) >= 11 is 0. The van der Waals surface area contributed by atoms with Crippen molar-refractivity contribution in [2.24, 2.45) is 28.6 Å². The molecule has 0 amide bonds. The number of fused-ring (bicyclic) bond motifs is 5. The lowest BCUT2D eigenvalue weighted by Gasteiger charge is -2.58. The minimum absolute atomic E-state index is 0.182. The molecule has 21 heavy (non-hydrogen) atoms. The Morgan fingerprint density at radius 3 is 2.76 bits per heavy atom. The first-order valence-electron chi connectivity index (χ1n) is 8.86. The van der Waals surface area contributed by atoms with Crippen LogP contribution in [-0.2, 0) is 4.79 Å². The van der Waals surface area contributed by atoms with Gasteiger partial charge in [0.2, 0.25) is 0 Å². The van der Waals surface area contributed by atoms with E-state index in [1.54, 1.807) is 0 Å². The van der Waals surface area contributed by atoms with Gasteiger partial charge in [-0.05, 0) is 73.2 Å². The third-order valence-electron chi connectivity index (χ3n) is 7.77. The van der Waals surface area contributed by atoms with Gasteiger partial charge in [0, 0.05) is 6.42 Å². The zero-order valence-electron chi connectivity index (χ0n) is 13.4. The van der Waals surface area contributed by atoms with E-state index in [0.29, 0.717) is 29.6 Å². The minimum atomic E-state index is -0.219. The smallest absolute Gasteiger partial charge is 0.155 e. The van der Waals surface area contributed by atoms with E-state index >= 15 is 0 Å². The number of carbonyl (C=O) groups is 1. The predicted molar refractivity (Wildman–Crippen MR) is 82.7 cm³/mol. The second-order valence-corrected chi connectivity index (χ2v) is 8.70. The summed E-state index contributed by atoms with van der Waals surface area (Å²) in [5.41, 5.74) is 1.92.